The molecule has 1 aliphatic rings. The number of likely N-dealkylation sites (tertiary alicyclic amines) is 1. The Bertz CT molecular complexity index is 442. The number of ether oxygens (including phenoxy) is 1. The Balaban J connectivity index is 2.12. The van der Waals surface area contributed by atoms with Crippen molar-refractivity contribution in [2.24, 2.45) is 0 Å². The number of rotatable bonds is 3. The van der Waals surface area contributed by atoms with E-state index in [1.807, 2.05) is 18.2 Å². The monoisotopic (exact) mass is 249 g/mol. The summed E-state index contributed by atoms with van der Waals surface area (Å²) in [4.78, 5) is 14.0. The van der Waals surface area contributed by atoms with Crippen molar-refractivity contribution >= 4 is 5.91 Å². The molecule has 1 fully saturated rings. The summed E-state index contributed by atoms with van der Waals surface area (Å²) in [6, 6.07) is 7.43. The highest BCUT2D eigenvalue weighted by molar-refractivity contribution is 5.94. The fourth-order valence-electron chi connectivity index (χ4n) is 2.26. The van der Waals surface area contributed by atoms with Crippen LogP contribution in [0.5, 0.6) is 0 Å². The lowest BCUT2D eigenvalue weighted by atomic mass is 10.1. The molecular formula is C14H19NO3. The molecule has 4 heteroatoms. The van der Waals surface area contributed by atoms with Crippen LogP contribution in [-0.4, -0.2) is 41.7 Å². The number of amides is 1. The molecule has 1 aromatic carbocycles. The van der Waals surface area contributed by atoms with Crippen molar-refractivity contribution in [3.05, 3.63) is 35.4 Å². The molecule has 0 bridgehead atoms. The van der Waals surface area contributed by atoms with Crippen molar-refractivity contribution in [2.45, 2.75) is 25.6 Å². The fourth-order valence-corrected chi connectivity index (χ4v) is 2.26. The number of β-amino-alcohol motifs (C(OH)–C–C–N with tert-alkyl or cyclic N) is 1. The molecule has 0 spiro atoms. The predicted octanol–water partition coefficient (Wildman–Crippen LogP) is 1.43. The third-order valence-corrected chi connectivity index (χ3v) is 3.22. The van der Waals surface area contributed by atoms with Crippen molar-refractivity contribution in [1.82, 2.24) is 4.90 Å². The lowest BCUT2D eigenvalue weighted by molar-refractivity contribution is 0.0572. The summed E-state index contributed by atoms with van der Waals surface area (Å²) < 4.78 is 5.06. The van der Waals surface area contributed by atoms with Gasteiger partial charge in [-0.25, -0.2) is 0 Å². The topological polar surface area (TPSA) is 49.8 Å². The van der Waals surface area contributed by atoms with Gasteiger partial charge in [-0.15, -0.1) is 0 Å². The van der Waals surface area contributed by atoms with Crippen LogP contribution in [0.25, 0.3) is 0 Å². The zero-order valence-electron chi connectivity index (χ0n) is 10.8. The van der Waals surface area contributed by atoms with Gasteiger partial charge in [-0.05, 0) is 31.0 Å². The standard InChI is InChI=1S/C14H19NO3/c1-14(17)6-7-15(10-14)13(16)12-5-3-4-11(8-12)9-18-2/h3-5,8,17H,6-7,9-10H2,1-2H3. The molecule has 4 nitrogen and oxygen atoms in total. The van der Waals surface area contributed by atoms with E-state index < -0.39 is 5.60 Å². The minimum absolute atomic E-state index is 0.0225. The molecule has 98 valence electrons. The highest BCUT2D eigenvalue weighted by Gasteiger charge is 2.34. The first-order valence-electron chi connectivity index (χ1n) is 6.11. The van der Waals surface area contributed by atoms with E-state index in [2.05, 4.69) is 0 Å². The van der Waals surface area contributed by atoms with E-state index in [9.17, 15) is 9.90 Å². The first-order chi connectivity index (χ1) is 8.52. The summed E-state index contributed by atoms with van der Waals surface area (Å²) in [7, 11) is 1.63. The number of carbonyl (C=O) groups is 1. The Hall–Kier alpha value is -1.39. The second-order valence-electron chi connectivity index (χ2n) is 5.11. The number of nitrogens with zero attached hydrogens (tertiary/aromatic N) is 1. The van der Waals surface area contributed by atoms with Crippen molar-refractivity contribution in [3.63, 3.8) is 0 Å². The number of aliphatic hydroxyl groups is 1. The first kappa shape index (κ1) is 13.1. The van der Waals surface area contributed by atoms with Gasteiger partial charge in [0.25, 0.3) is 5.91 Å². The molecule has 1 aromatic rings. The molecule has 0 radical (unpaired) electrons. The normalized spacial score (nSPS) is 23.4. The van der Waals surface area contributed by atoms with Crippen LogP contribution < -0.4 is 0 Å². The molecule has 1 unspecified atom stereocenters. The van der Waals surface area contributed by atoms with Gasteiger partial charge >= 0.3 is 0 Å². The van der Waals surface area contributed by atoms with Gasteiger partial charge in [-0.2, -0.15) is 0 Å². The van der Waals surface area contributed by atoms with Crippen LogP contribution in [0.3, 0.4) is 0 Å². The Morgan fingerprint density at radius 3 is 2.94 bits per heavy atom. The molecule has 18 heavy (non-hydrogen) atoms. The minimum atomic E-state index is -0.750. The summed E-state index contributed by atoms with van der Waals surface area (Å²) in [5.41, 5.74) is 0.886. The van der Waals surface area contributed by atoms with E-state index in [0.29, 0.717) is 31.7 Å². The van der Waals surface area contributed by atoms with Gasteiger partial charge in [-0.1, -0.05) is 12.1 Å². The van der Waals surface area contributed by atoms with Gasteiger partial charge in [0.1, 0.15) is 0 Å². The molecule has 0 aromatic heterocycles. The van der Waals surface area contributed by atoms with Crippen LogP contribution in [0.2, 0.25) is 0 Å². The third-order valence-electron chi connectivity index (χ3n) is 3.22. The predicted molar refractivity (Wildman–Crippen MR) is 68.3 cm³/mol. The zero-order chi connectivity index (χ0) is 13.2. The van der Waals surface area contributed by atoms with Crippen LogP contribution in [-0.2, 0) is 11.3 Å². The molecule has 1 atom stereocenters. The van der Waals surface area contributed by atoms with Crippen molar-refractivity contribution in [3.8, 4) is 0 Å². The summed E-state index contributed by atoms with van der Waals surface area (Å²) in [6.07, 6.45) is 0.635. The molecule has 1 aliphatic heterocycles. The smallest absolute Gasteiger partial charge is 0.253 e. The average Bonchev–Trinajstić information content (AvgIpc) is 2.70. The Morgan fingerprint density at radius 2 is 2.33 bits per heavy atom. The van der Waals surface area contributed by atoms with Crippen LogP contribution in [0.1, 0.15) is 29.3 Å². The second-order valence-corrected chi connectivity index (χ2v) is 5.11. The van der Waals surface area contributed by atoms with E-state index >= 15 is 0 Å². The average molecular weight is 249 g/mol. The second kappa shape index (κ2) is 5.08. The van der Waals surface area contributed by atoms with E-state index in [1.165, 1.54) is 0 Å². The van der Waals surface area contributed by atoms with Crippen molar-refractivity contribution in [1.29, 1.82) is 0 Å². The molecule has 1 saturated heterocycles. The highest BCUT2D eigenvalue weighted by atomic mass is 16.5. The maximum Gasteiger partial charge on any atom is 0.253 e. The minimum Gasteiger partial charge on any atom is -0.388 e. The van der Waals surface area contributed by atoms with Crippen LogP contribution in [0.4, 0.5) is 0 Å². The lowest BCUT2D eigenvalue weighted by Gasteiger charge is -2.19. The van der Waals surface area contributed by atoms with E-state index in [0.717, 1.165) is 5.56 Å². The van der Waals surface area contributed by atoms with E-state index in [1.54, 1.807) is 25.0 Å². The fraction of sp³-hybridized carbons (Fsp3) is 0.500. The van der Waals surface area contributed by atoms with Gasteiger partial charge in [0.2, 0.25) is 0 Å². The molecule has 0 aliphatic carbocycles. The van der Waals surface area contributed by atoms with Gasteiger partial charge < -0.3 is 14.7 Å². The van der Waals surface area contributed by atoms with Crippen LogP contribution in [0.15, 0.2) is 24.3 Å². The maximum atomic E-state index is 12.3. The zero-order valence-corrected chi connectivity index (χ0v) is 10.8. The van der Waals surface area contributed by atoms with Gasteiger partial charge in [0.05, 0.1) is 12.2 Å². The Morgan fingerprint density at radius 1 is 1.56 bits per heavy atom. The molecule has 1 N–H and O–H groups in total. The van der Waals surface area contributed by atoms with Gasteiger partial charge in [0.15, 0.2) is 0 Å². The number of methoxy groups -OCH3 is 1. The number of benzene rings is 1. The third kappa shape index (κ3) is 2.89. The quantitative estimate of drug-likeness (QED) is 0.881. The molecule has 2 rings (SSSR count). The van der Waals surface area contributed by atoms with E-state index in [-0.39, 0.29) is 5.91 Å². The summed E-state index contributed by atoms with van der Waals surface area (Å²) in [5, 5.41) is 9.89. The van der Waals surface area contributed by atoms with Crippen LogP contribution in [0, 0.1) is 0 Å². The van der Waals surface area contributed by atoms with E-state index in [4.69, 9.17) is 4.74 Å². The summed E-state index contributed by atoms with van der Waals surface area (Å²) in [5.74, 6) is -0.0225. The Kier molecular flexibility index (Phi) is 3.68. The molecular weight excluding hydrogens is 230 g/mol. The molecule has 0 saturated carbocycles. The highest BCUT2D eigenvalue weighted by Crippen LogP contribution is 2.22. The molecule has 1 amide bonds. The SMILES string of the molecule is COCc1cccc(C(=O)N2CCC(C)(O)C2)c1. The van der Waals surface area contributed by atoms with Gasteiger partial charge in [-0.3, -0.25) is 4.79 Å². The summed E-state index contributed by atoms with van der Waals surface area (Å²) in [6.45, 7) is 3.28. The maximum absolute atomic E-state index is 12.3. The van der Waals surface area contributed by atoms with Gasteiger partial charge in [0, 0.05) is 25.8 Å². The largest absolute Gasteiger partial charge is 0.388 e. The van der Waals surface area contributed by atoms with Crippen molar-refractivity contribution in [2.75, 3.05) is 20.2 Å². The Labute approximate surface area is 107 Å². The number of carbonyl (C=O) groups excluding carboxylic acids is 1. The molecule has 1 heterocycles. The number of hydrogen-bond acceptors (Lipinski definition) is 3. The van der Waals surface area contributed by atoms with Crippen molar-refractivity contribution < 1.29 is 14.6 Å². The number of hydrogen-bond donors (Lipinski definition) is 1. The summed E-state index contributed by atoms with van der Waals surface area (Å²) >= 11 is 0. The first-order valence-corrected chi connectivity index (χ1v) is 6.11. The van der Waals surface area contributed by atoms with Crippen LogP contribution >= 0.6 is 0 Å². The lowest BCUT2D eigenvalue weighted by Crippen LogP contribution is -2.33.